The van der Waals surface area contributed by atoms with Crippen LogP contribution in [0, 0.1) is 13.8 Å². The molecule has 1 amide bonds. The summed E-state index contributed by atoms with van der Waals surface area (Å²) in [5.74, 6) is -0.654. The van der Waals surface area contributed by atoms with Gasteiger partial charge in [0.05, 0.1) is 6.61 Å². The molecule has 152 valence electrons. The third-order valence-electron chi connectivity index (χ3n) is 4.61. The molecule has 3 rings (SSSR count). The van der Waals surface area contributed by atoms with Crippen LogP contribution in [0.2, 0.25) is 0 Å². The van der Waals surface area contributed by atoms with Crippen LogP contribution in [0.5, 0.6) is 0 Å². The van der Waals surface area contributed by atoms with E-state index in [1.54, 1.807) is 20.9 Å². The number of nitrogens with zero attached hydrogens (tertiary/aromatic N) is 3. The van der Waals surface area contributed by atoms with Crippen LogP contribution < -0.4 is 5.56 Å². The molecule has 2 aromatic heterocycles. The number of hydrogen-bond acceptors (Lipinski definition) is 6. The number of esters is 1. The number of benzene rings is 1. The van der Waals surface area contributed by atoms with Crippen LogP contribution in [0.4, 0.5) is 0 Å². The fraction of sp³-hybridized carbons (Fsp3) is 0.333. The highest BCUT2D eigenvalue weighted by Gasteiger charge is 2.24. The van der Waals surface area contributed by atoms with E-state index in [0.717, 1.165) is 11.1 Å². The lowest BCUT2D eigenvalue weighted by Crippen LogP contribution is -2.34. The van der Waals surface area contributed by atoms with Gasteiger partial charge < -0.3 is 14.1 Å². The fourth-order valence-corrected chi connectivity index (χ4v) is 3.02. The summed E-state index contributed by atoms with van der Waals surface area (Å²) in [6.45, 7) is 5.63. The number of aromatic nitrogens is 2. The van der Waals surface area contributed by atoms with Gasteiger partial charge in [-0.1, -0.05) is 29.8 Å². The predicted molar refractivity (Wildman–Crippen MR) is 107 cm³/mol. The summed E-state index contributed by atoms with van der Waals surface area (Å²) in [6.07, 6.45) is 1.25. The molecular weight excluding hydrogens is 374 g/mol. The van der Waals surface area contributed by atoms with Crippen LogP contribution >= 0.6 is 0 Å². The standard InChI is InChI=1S/C21H23N3O5/c1-5-28-21(27)17-14(3)29-19-18(17)20(26)24(12-22-19)11-16(25)23(4)10-15-8-6-13(2)7-9-15/h6-9,12H,5,10-11H2,1-4H3. The van der Waals surface area contributed by atoms with E-state index in [2.05, 4.69) is 4.98 Å². The summed E-state index contributed by atoms with van der Waals surface area (Å²) in [7, 11) is 1.67. The van der Waals surface area contributed by atoms with Gasteiger partial charge >= 0.3 is 5.97 Å². The maximum absolute atomic E-state index is 12.9. The largest absolute Gasteiger partial charge is 0.462 e. The molecule has 0 spiro atoms. The number of ether oxygens (including phenoxy) is 1. The average Bonchev–Trinajstić information content (AvgIpc) is 3.02. The summed E-state index contributed by atoms with van der Waals surface area (Å²) >= 11 is 0. The molecule has 8 heteroatoms. The molecule has 2 heterocycles. The Morgan fingerprint density at radius 1 is 1.21 bits per heavy atom. The van der Waals surface area contributed by atoms with E-state index in [1.165, 1.54) is 15.8 Å². The molecule has 0 aliphatic carbocycles. The summed E-state index contributed by atoms with van der Waals surface area (Å²) in [4.78, 5) is 43.4. The number of amides is 1. The zero-order valence-corrected chi connectivity index (χ0v) is 16.9. The number of carbonyl (C=O) groups is 2. The number of likely N-dealkylation sites (N-methyl/N-ethyl adjacent to an activating group) is 1. The van der Waals surface area contributed by atoms with E-state index in [-0.39, 0.29) is 41.5 Å². The Morgan fingerprint density at radius 3 is 2.55 bits per heavy atom. The first-order valence-corrected chi connectivity index (χ1v) is 9.27. The average molecular weight is 397 g/mol. The minimum absolute atomic E-state index is 0.0254. The van der Waals surface area contributed by atoms with Gasteiger partial charge in [0.15, 0.2) is 0 Å². The van der Waals surface area contributed by atoms with E-state index in [4.69, 9.17) is 9.15 Å². The van der Waals surface area contributed by atoms with Crippen LogP contribution in [-0.2, 0) is 22.6 Å². The van der Waals surface area contributed by atoms with E-state index >= 15 is 0 Å². The smallest absolute Gasteiger partial charge is 0.342 e. The summed E-state index contributed by atoms with van der Waals surface area (Å²) in [5.41, 5.74) is 1.71. The molecule has 0 aliphatic rings. The number of hydrogen-bond donors (Lipinski definition) is 0. The lowest BCUT2D eigenvalue weighted by atomic mass is 10.1. The second kappa shape index (κ2) is 8.30. The van der Waals surface area contributed by atoms with Gasteiger partial charge in [-0.3, -0.25) is 14.2 Å². The molecular formula is C21H23N3O5. The van der Waals surface area contributed by atoms with Gasteiger partial charge in [-0.15, -0.1) is 0 Å². The van der Waals surface area contributed by atoms with E-state index < -0.39 is 11.5 Å². The van der Waals surface area contributed by atoms with Gasteiger partial charge in [0.25, 0.3) is 5.56 Å². The second-order valence-electron chi connectivity index (χ2n) is 6.85. The number of rotatable bonds is 6. The molecule has 0 bridgehead atoms. The first-order valence-electron chi connectivity index (χ1n) is 9.27. The fourth-order valence-electron chi connectivity index (χ4n) is 3.02. The van der Waals surface area contributed by atoms with Gasteiger partial charge in [-0.25, -0.2) is 9.78 Å². The topological polar surface area (TPSA) is 94.6 Å². The lowest BCUT2D eigenvalue weighted by molar-refractivity contribution is -0.131. The van der Waals surface area contributed by atoms with E-state index in [0.29, 0.717) is 6.54 Å². The van der Waals surface area contributed by atoms with Crippen molar-refractivity contribution in [3.63, 3.8) is 0 Å². The third-order valence-corrected chi connectivity index (χ3v) is 4.61. The normalized spacial score (nSPS) is 10.9. The van der Waals surface area contributed by atoms with Gasteiger partial charge in [0.1, 0.15) is 29.6 Å². The third kappa shape index (κ3) is 4.21. The molecule has 0 unspecified atom stereocenters. The highest BCUT2D eigenvalue weighted by atomic mass is 16.5. The van der Waals surface area contributed by atoms with Crippen molar-refractivity contribution in [1.82, 2.24) is 14.5 Å². The van der Waals surface area contributed by atoms with Crippen molar-refractivity contribution in [3.05, 3.63) is 63.4 Å². The molecule has 8 nitrogen and oxygen atoms in total. The Labute approximate surface area is 167 Å². The maximum atomic E-state index is 12.9. The van der Waals surface area contributed by atoms with Gasteiger partial charge in [-0.2, -0.15) is 0 Å². The van der Waals surface area contributed by atoms with Crippen molar-refractivity contribution in [2.75, 3.05) is 13.7 Å². The quantitative estimate of drug-likeness (QED) is 0.593. The molecule has 0 saturated carbocycles. The molecule has 1 aromatic carbocycles. The molecule has 0 saturated heterocycles. The Bertz CT molecular complexity index is 1110. The predicted octanol–water partition coefficient (Wildman–Crippen LogP) is 2.44. The van der Waals surface area contributed by atoms with Crippen molar-refractivity contribution in [2.24, 2.45) is 0 Å². The molecule has 3 aromatic rings. The number of fused-ring (bicyclic) bond motifs is 1. The Hall–Kier alpha value is -3.42. The van der Waals surface area contributed by atoms with Crippen LogP contribution in [0.15, 0.2) is 39.8 Å². The highest BCUT2D eigenvalue weighted by Crippen LogP contribution is 2.21. The van der Waals surface area contributed by atoms with Gasteiger partial charge in [-0.05, 0) is 26.3 Å². The van der Waals surface area contributed by atoms with Gasteiger partial charge in [0, 0.05) is 13.6 Å². The van der Waals surface area contributed by atoms with Crippen molar-refractivity contribution in [3.8, 4) is 0 Å². The Morgan fingerprint density at radius 2 is 1.90 bits per heavy atom. The number of furan rings is 1. The molecule has 0 N–H and O–H groups in total. The highest BCUT2D eigenvalue weighted by molar-refractivity contribution is 6.03. The second-order valence-corrected chi connectivity index (χ2v) is 6.85. The molecule has 29 heavy (non-hydrogen) atoms. The minimum atomic E-state index is -0.650. The zero-order chi connectivity index (χ0) is 21.1. The van der Waals surface area contributed by atoms with E-state index in [9.17, 15) is 14.4 Å². The van der Waals surface area contributed by atoms with E-state index in [1.807, 2.05) is 31.2 Å². The van der Waals surface area contributed by atoms with Crippen LogP contribution in [0.1, 0.15) is 34.2 Å². The van der Waals surface area contributed by atoms with Crippen LogP contribution in [0.25, 0.3) is 11.1 Å². The summed E-state index contributed by atoms with van der Waals surface area (Å²) < 4.78 is 11.6. The zero-order valence-electron chi connectivity index (χ0n) is 16.9. The van der Waals surface area contributed by atoms with Gasteiger partial charge in [0.2, 0.25) is 11.6 Å². The van der Waals surface area contributed by atoms with Crippen LogP contribution in [0.3, 0.4) is 0 Å². The lowest BCUT2D eigenvalue weighted by Gasteiger charge is -2.18. The maximum Gasteiger partial charge on any atom is 0.342 e. The molecule has 0 fully saturated rings. The van der Waals surface area contributed by atoms with Crippen molar-refractivity contribution in [2.45, 2.75) is 33.9 Å². The SMILES string of the molecule is CCOC(=O)c1c(C)oc2ncn(CC(=O)N(C)Cc3ccc(C)cc3)c(=O)c12. The minimum Gasteiger partial charge on any atom is -0.462 e. The van der Waals surface area contributed by atoms with Crippen molar-refractivity contribution >= 4 is 23.0 Å². The first-order chi connectivity index (χ1) is 13.8. The summed E-state index contributed by atoms with van der Waals surface area (Å²) in [5, 5.41) is 0.0254. The number of aryl methyl sites for hydroxylation is 2. The molecule has 0 aliphatic heterocycles. The number of carbonyl (C=O) groups excluding carboxylic acids is 2. The molecule has 0 atom stereocenters. The Kier molecular flexibility index (Phi) is 5.81. The molecule has 0 radical (unpaired) electrons. The first kappa shape index (κ1) is 20.3. The summed E-state index contributed by atoms with van der Waals surface area (Å²) in [6, 6.07) is 7.87. The van der Waals surface area contributed by atoms with Crippen molar-refractivity contribution < 1.29 is 18.7 Å². The monoisotopic (exact) mass is 397 g/mol. The van der Waals surface area contributed by atoms with Crippen molar-refractivity contribution in [1.29, 1.82) is 0 Å². The Balaban J connectivity index is 1.86. The van der Waals surface area contributed by atoms with Crippen LogP contribution in [-0.4, -0.2) is 40.0 Å².